The monoisotopic (exact) mass is 356 g/mol. The zero-order chi connectivity index (χ0) is 17.8. The van der Waals surface area contributed by atoms with Gasteiger partial charge < -0.3 is 15.8 Å². The number of nitrogens with one attached hydrogen (secondary N) is 1. The van der Waals surface area contributed by atoms with E-state index >= 15 is 0 Å². The van der Waals surface area contributed by atoms with Crippen LogP contribution in [0, 0.1) is 0 Å². The average molecular weight is 357 g/mol. The molecule has 2 aliphatic heterocycles. The van der Waals surface area contributed by atoms with Gasteiger partial charge in [0, 0.05) is 24.1 Å². The molecule has 1 aromatic carbocycles. The van der Waals surface area contributed by atoms with Crippen molar-refractivity contribution < 1.29 is 4.74 Å². The third-order valence-electron chi connectivity index (χ3n) is 6.22. The molecule has 1 saturated heterocycles. The second-order valence-corrected chi connectivity index (χ2v) is 7.92. The molecule has 0 aromatic heterocycles. The summed E-state index contributed by atoms with van der Waals surface area (Å²) in [5, 5.41) is 3.42. The predicted octanol–water partition coefficient (Wildman–Crippen LogP) is 3.21. The number of hydrogen-bond acceptors (Lipinski definition) is 3. The highest BCUT2D eigenvalue weighted by molar-refractivity contribution is 5.78. The van der Waals surface area contributed by atoms with E-state index in [2.05, 4.69) is 22.3 Å². The van der Waals surface area contributed by atoms with Crippen molar-refractivity contribution in [2.45, 2.75) is 69.5 Å². The number of ether oxygens (including phenoxy) is 1. The highest BCUT2D eigenvalue weighted by Gasteiger charge is 2.31. The van der Waals surface area contributed by atoms with Gasteiger partial charge in [0.15, 0.2) is 5.96 Å². The molecule has 2 fully saturated rings. The number of benzene rings is 1. The zero-order valence-corrected chi connectivity index (χ0v) is 15.7. The molecule has 0 spiro atoms. The number of likely N-dealkylation sites (tertiary alicyclic amines) is 1. The average Bonchev–Trinajstić information content (AvgIpc) is 3.16. The van der Waals surface area contributed by atoms with E-state index in [9.17, 15) is 0 Å². The summed E-state index contributed by atoms with van der Waals surface area (Å²) in [5.41, 5.74) is 7.43. The van der Waals surface area contributed by atoms with E-state index in [-0.39, 0.29) is 6.04 Å². The SMILES string of the molecule is NC(=NCC1CCCN1C1CCCCC1)NC1CCOc2ccccc21. The smallest absolute Gasteiger partial charge is 0.189 e. The number of fused-ring (bicyclic) bond motifs is 1. The Bertz CT molecular complexity index is 626. The Hall–Kier alpha value is -1.75. The number of nitrogens with zero attached hydrogens (tertiary/aromatic N) is 2. The maximum absolute atomic E-state index is 6.24. The summed E-state index contributed by atoms with van der Waals surface area (Å²) in [6, 6.07) is 9.75. The zero-order valence-electron chi connectivity index (χ0n) is 15.7. The molecule has 2 unspecified atom stereocenters. The number of para-hydroxylation sites is 1. The molecule has 26 heavy (non-hydrogen) atoms. The van der Waals surface area contributed by atoms with E-state index in [1.54, 1.807) is 0 Å². The summed E-state index contributed by atoms with van der Waals surface area (Å²) in [6.07, 6.45) is 10.4. The number of rotatable bonds is 4. The van der Waals surface area contributed by atoms with Crippen LogP contribution in [0.4, 0.5) is 0 Å². The molecule has 2 heterocycles. The summed E-state index contributed by atoms with van der Waals surface area (Å²) in [7, 11) is 0. The number of hydrogen-bond donors (Lipinski definition) is 2. The van der Waals surface area contributed by atoms with Gasteiger partial charge in [-0.1, -0.05) is 37.5 Å². The van der Waals surface area contributed by atoms with Crippen molar-refractivity contribution in [3.05, 3.63) is 29.8 Å². The molecular formula is C21H32N4O. The van der Waals surface area contributed by atoms with Gasteiger partial charge in [0.25, 0.3) is 0 Å². The van der Waals surface area contributed by atoms with Gasteiger partial charge in [-0.05, 0) is 38.3 Å². The van der Waals surface area contributed by atoms with E-state index < -0.39 is 0 Å². The van der Waals surface area contributed by atoms with Crippen LogP contribution in [0.2, 0.25) is 0 Å². The molecule has 0 amide bonds. The highest BCUT2D eigenvalue weighted by atomic mass is 16.5. The highest BCUT2D eigenvalue weighted by Crippen LogP contribution is 2.31. The van der Waals surface area contributed by atoms with Crippen LogP contribution in [0.5, 0.6) is 5.75 Å². The third kappa shape index (κ3) is 3.98. The van der Waals surface area contributed by atoms with Crippen LogP contribution in [0.15, 0.2) is 29.3 Å². The predicted molar refractivity (Wildman–Crippen MR) is 106 cm³/mol. The van der Waals surface area contributed by atoms with E-state index in [4.69, 9.17) is 15.5 Å². The quantitative estimate of drug-likeness (QED) is 0.642. The van der Waals surface area contributed by atoms with Crippen molar-refractivity contribution >= 4 is 5.96 Å². The van der Waals surface area contributed by atoms with Crippen LogP contribution >= 0.6 is 0 Å². The van der Waals surface area contributed by atoms with Crippen molar-refractivity contribution in [3.8, 4) is 5.75 Å². The minimum Gasteiger partial charge on any atom is -0.493 e. The van der Waals surface area contributed by atoms with E-state index in [0.717, 1.165) is 31.4 Å². The topological polar surface area (TPSA) is 62.9 Å². The summed E-state index contributed by atoms with van der Waals surface area (Å²) < 4.78 is 5.73. The molecule has 5 nitrogen and oxygen atoms in total. The van der Waals surface area contributed by atoms with Crippen LogP contribution in [0.25, 0.3) is 0 Å². The van der Waals surface area contributed by atoms with Gasteiger partial charge in [-0.25, -0.2) is 0 Å². The number of guanidine groups is 1. The Morgan fingerprint density at radius 2 is 1.96 bits per heavy atom. The van der Waals surface area contributed by atoms with Gasteiger partial charge in [-0.3, -0.25) is 9.89 Å². The standard InChI is InChI=1S/C21H32N4O/c22-21(24-19-12-14-26-20-11-5-4-10-18(19)20)23-15-17-9-6-13-25(17)16-7-2-1-3-8-16/h4-5,10-11,16-17,19H,1-3,6-9,12-15H2,(H3,22,23,24). The Labute approximate surface area is 157 Å². The number of aliphatic imine (C=N–C) groups is 1. The lowest BCUT2D eigenvalue weighted by atomic mass is 9.94. The molecule has 1 aromatic rings. The van der Waals surface area contributed by atoms with Gasteiger partial charge in [-0.15, -0.1) is 0 Å². The van der Waals surface area contributed by atoms with Gasteiger partial charge in [0.2, 0.25) is 0 Å². The molecule has 3 N–H and O–H groups in total. The van der Waals surface area contributed by atoms with Crippen molar-refractivity contribution in [2.75, 3.05) is 19.7 Å². The lowest BCUT2D eigenvalue weighted by Gasteiger charge is -2.35. The normalized spacial score (nSPS) is 27.8. The molecule has 1 saturated carbocycles. The lowest BCUT2D eigenvalue weighted by molar-refractivity contribution is 0.145. The van der Waals surface area contributed by atoms with E-state index in [0.29, 0.717) is 12.0 Å². The number of nitrogens with two attached hydrogens (primary N) is 1. The fourth-order valence-electron chi connectivity index (χ4n) is 4.87. The van der Waals surface area contributed by atoms with Crippen molar-refractivity contribution in [2.24, 2.45) is 10.7 Å². The van der Waals surface area contributed by atoms with Crippen LogP contribution in [0.1, 0.15) is 63.0 Å². The first-order valence-corrected chi connectivity index (χ1v) is 10.3. The Morgan fingerprint density at radius 1 is 1.12 bits per heavy atom. The van der Waals surface area contributed by atoms with Crippen LogP contribution in [0.3, 0.4) is 0 Å². The molecule has 1 aliphatic carbocycles. The summed E-state index contributed by atoms with van der Waals surface area (Å²) >= 11 is 0. The van der Waals surface area contributed by atoms with E-state index in [1.165, 1.54) is 57.1 Å². The first-order valence-electron chi connectivity index (χ1n) is 10.3. The summed E-state index contributed by atoms with van der Waals surface area (Å²) in [4.78, 5) is 7.44. The van der Waals surface area contributed by atoms with Crippen LogP contribution < -0.4 is 15.8 Å². The molecule has 0 bridgehead atoms. The van der Waals surface area contributed by atoms with Crippen LogP contribution in [-0.4, -0.2) is 42.6 Å². The molecule has 0 radical (unpaired) electrons. The fourth-order valence-corrected chi connectivity index (χ4v) is 4.87. The van der Waals surface area contributed by atoms with Gasteiger partial charge >= 0.3 is 0 Å². The van der Waals surface area contributed by atoms with E-state index in [1.807, 2.05) is 12.1 Å². The summed E-state index contributed by atoms with van der Waals surface area (Å²) in [5.74, 6) is 1.53. The maximum atomic E-state index is 6.24. The fraction of sp³-hybridized carbons (Fsp3) is 0.667. The van der Waals surface area contributed by atoms with Crippen molar-refractivity contribution in [1.29, 1.82) is 0 Å². The first-order chi connectivity index (χ1) is 12.8. The molecule has 5 heteroatoms. The molecule has 142 valence electrons. The largest absolute Gasteiger partial charge is 0.493 e. The maximum Gasteiger partial charge on any atom is 0.189 e. The Kier molecular flexibility index (Phi) is 5.63. The molecule has 3 aliphatic rings. The van der Waals surface area contributed by atoms with Crippen molar-refractivity contribution in [1.82, 2.24) is 10.2 Å². The second-order valence-electron chi connectivity index (χ2n) is 7.92. The molecule has 4 rings (SSSR count). The minimum absolute atomic E-state index is 0.196. The van der Waals surface area contributed by atoms with Gasteiger partial charge in [0.05, 0.1) is 19.2 Å². The van der Waals surface area contributed by atoms with Crippen molar-refractivity contribution in [3.63, 3.8) is 0 Å². The molecular weight excluding hydrogens is 324 g/mol. The minimum atomic E-state index is 0.196. The Balaban J connectivity index is 1.35. The first kappa shape index (κ1) is 17.7. The van der Waals surface area contributed by atoms with Gasteiger partial charge in [0.1, 0.15) is 5.75 Å². The third-order valence-corrected chi connectivity index (χ3v) is 6.22. The second kappa shape index (κ2) is 8.30. The summed E-state index contributed by atoms with van der Waals surface area (Å²) in [6.45, 7) is 2.78. The van der Waals surface area contributed by atoms with Crippen LogP contribution in [-0.2, 0) is 0 Å². The molecule has 2 atom stereocenters. The lowest BCUT2D eigenvalue weighted by Crippen LogP contribution is -2.43. The Morgan fingerprint density at radius 3 is 2.85 bits per heavy atom. The van der Waals surface area contributed by atoms with Gasteiger partial charge in [-0.2, -0.15) is 0 Å².